The molecule has 2 aliphatic rings. The molecule has 18 atom stereocenters. The van der Waals surface area contributed by atoms with Crippen molar-refractivity contribution in [1.82, 2.24) is 88.9 Å². The number of aromatic nitrogens is 2. The molecule has 0 spiro atoms. The number of aliphatic hydroxyl groups is 2. The minimum absolute atomic E-state index is 0.00147. The SMILES string of the molecule is CC[C@H](C)[C@H](NC(=O)[C@H](C)NC(=O)[C@@H](NC(=O)[C@H](CO)NC(=O)[C@H](Cc1cnc[nH]1)NC(=O)[C@H](CC(C)C)NC(=O)[C@@H]1CCCN1C(=O)[C@@H]1CCCN1C(=O)[C@H](CC(=O)O)NC(=O)[C@H](Cc1ccc(Cl)c(Cl)c1)NC(=O)[C@@H](NC(=O)[C@H](CCC(N)=O)NC(C)=O)[C@@H](C)O)[C@@H](C)OP(=O)(O)O)C(=O)N[C@@H](Cc1ccc(O)cc1)C(=O)N[C@@H](C)C(=O)N[C@@H](CC(N)=O)C(N)=O. The number of phosphoric ester groups is 1. The minimum Gasteiger partial charge on any atom is -0.508 e. The van der Waals surface area contributed by atoms with Crippen molar-refractivity contribution in [3.8, 4) is 5.75 Å². The van der Waals surface area contributed by atoms with E-state index in [2.05, 4.69) is 79.1 Å². The number of phosphoric acid groups is 1. The summed E-state index contributed by atoms with van der Waals surface area (Å²) >= 11 is 12.5. The Morgan fingerprint density at radius 2 is 1.03 bits per heavy atom. The summed E-state index contributed by atoms with van der Waals surface area (Å²) in [4.78, 5) is 288. The molecule has 2 fully saturated rings. The fourth-order valence-electron chi connectivity index (χ4n) is 13.7. The third kappa shape index (κ3) is 33.6. The van der Waals surface area contributed by atoms with Crippen molar-refractivity contribution >= 4 is 143 Å². The van der Waals surface area contributed by atoms with E-state index in [1.165, 1.54) is 68.8 Å². The third-order valence-electron chi connectivity index (χ3n) is 20.6. The lowest BCUT2D eigenvalue weighted by Crippen LogP contribution is -2.63. The van der Waals surface area contributed by atoms with Gasteiger partial charge in [-0.2, -0.15) is 0 Å². The quantitative estimate of drug-likeness (QED) is 0.0234. The number of carbonyl (C=O) groups excluding carboxylic acids is 18. The number of rotatable bonds is 50. The van der Waals surface area contributed by atoms with Crippen LogP contribution in [-0.2, 0) is 119 Å². The number of aromatic hydroxyl groups is 1. The first-order chi connectivity index (χ1) is 59.9. The summed E-state index contributed by atoms with van der Waals surface area (Å²) in [5.74, 6) is -22.0. The Balaban J connectivity index is 1.33. The summed E-state index contributed by atoms with van der Waals surface area (Å²) in [6.07, 6.45) is -4.60. The normalized spacial score (nSPS) is 17.5. The Bertz CT molecular complexity index is 4570. The Morgan fingerprint density at radius 3 is 1.56 bits per heavy atom. The predicted octanol–water partition coefficient (Wildman–Crippen LogP) is -6.14. The van der Waals surface area contributed by atoms with Crippen molar-refractivity contribution in [3.05, 3.63) is 81.9 Å². The second-order valence-electron chi connectivity index (χ2n) is 31.5. The zero-order valence-corrected chi connectivity index (χ0v) is 73.9. The minimum atomic E-state index is -5.56. The maximum absolute atomic E-state index is 14.9. The van der Waals surface area contributed by atoms with E-state index < -0.39 is 267 Å². The number of aromatic amines is 1. The Labute approximate surface area is 744 Å². The molecule has 128 heavy (non-hydrogen) atoms. The van der Waals surface area contributed by atoms with Crippen LogP contribution in [0.15, 0.2) is 55.0 Å². The van der Waals surface area contributed by atoms with Crippen molar-refractivity contribution in [1.29, 1.82) is 0 Å². The molecule has 5 rings (SSSR count). The number of phenols is 1. The maximum atomic E-state index is 14.9. The molecule has 47 nitrogen and oxygen atoms in total. The number of carboxylic acids is 1. The lowest BCUT2D eigenvalue weighted by molar-refractivity contribution is -0.150. The lowest BCUT2D eigenvalue weighted by atomic mass is 9.96. The molecule has 0 unspecified atom stereocenters. The van der Waals surface area contributed by atoms with Gasteiger partial charge in [-0.15, -0.1) is 0 Å². The summed E-state index contributed by atoms with van der Waals surface area (Å²) in [7, 11) is -5.56. The summed E-state index contributed by atoms with van der Waals surface area (Å²) in [5.41, 5.74) is 16.6. The topological polar surface area (TPSA) is 742 Å². The highest BCUT2D eigenvalue weighted by Crippen LogP contribution is 2.38. The number of aliphatic carboxylic acids is 1. The molecule has 0 bridgehead atoms. The van der Waals surface area contributed by atoms with Crippen molar-refractivity contribution < 1.29 is 130 Å². The van der Waals surface area contributed by atoms with E-state index in [-0.39, 0.29) is 97.9 Å². The largest absolute Gasteiger partial charge is 0.508 e. The number of nitrogens with two attached hydrogens (primary N) is 3. The van der Waals surface area contributed by atoms with E-state index in [1.807, 2.05) is 0 Å². The molecule has 26 N–H and O–H groups in total. The summed E-state index contributed by atoms with van der Waals surface area (Å²) in [6, 6.07) is -15.6. The second kappa shape index (κ2) is 49.9. The van der Waals surface area contributed by atoms with Gasteiger partial charge in [0.05, 0.1) is 48.0 Å². The number of benzene rings is 2. The smallest absolute Gasteiger partial charge is 0.469 e. The van der Waals surface area contributed by atoms with Gasteiger partial charge in [0.2, 0.25) is 106 Å². The summed E-state index contributed by atoms with van der Waals surface area (Å²) in [5, 5.41) is 72.6. The number of H-pyrrole nitrogens is 1. The Morgan fingerprint density at radius 1 is 0.547 bits per heavy atom. The molecular formula is C78H113Cl2N20O27P. The van der Waals surface area contributed by atoms with E-state index in [4.69, 9.17) is 44.9 Å². The van der Waals surface area contributed by atoms with Crippen LogP contribution in [0.2, 0.25) is 10.0 Å². The molecule has 2 aliphatic heterocycles. The molecular weight excluding hydrogens is 1750 g/mol. The van der Waals surface area contributed by atoms with E-state index in [0.29, 0.717) is 5.56 Å². The van der Waals surface area contributed by atoms with Crippen molar-refractivity contribution in [2.75, 3.05) is 19.7 Å². The van der Waals surface area contributed by atoms with Gasteiger partial charge in [0.1, 0.15) is 96.4 Å². The Hall–Kier alpha value is -12.0. The van der Waals surface area contributed by atoms with Gasteiger partial charge in [-0.05, 0) is 113 Å². The van der Waals surface area contributed by atoms with Crippen LogP contribution in [0.5, 0.6) is 5.75 Å². The standard InChI is InChI=1S/C78H113Cl2N20O27P/c1-10-36(4)61(74(119)92-51(27-42-15-18-45(104)19-16-42)68(113)86-37(5)65(110)89-49(64(83)109)30-59(82)106)96-66(111)38(6)87-76(121)63(40(8)127-128(124,125)126)98-72(117)55(33-101)95-71(116)53(29-44-32-84-34-85-44)90-69(114)50(25-35(2)3)91-73(118)56-13-11-23-99(56)78(123)57-14-12-24-100(57)77(122)54(31-60(107)108)94-70(115)52(28-43-17-20-46(79)47(80)26-43)93-75(120)62(39(7)102)97-67(112)48(88-41(9)103)21-22-58(81)105/h15-20,26,32,34-40,48-57,61-63,101-102,104H,10-14,21-25,27-31,33H2,1-9H3,(H2,81,105)(H2,82,106)(H2,83,109)(H,84,85)(H,86,113)(H,87,121)(H,88,103)(H,89,110)(H,90,114)(H,91,118)(H,92,119)(H,93,120)(H,94,115)(H,95,116)(H,96,111)(H,97,112)(H,98,117)(H,107,108)(H2,124,125,126)/t36-,37-,38-,39+,40+,48-,49-,50-,51-,52-,53-,54-,55-,56-,57-,61-,62-,63-/m0/s1. The fourth-order valence-corrected chi connectivity index (χ4v) is 14.6. The average Bonchev–Trinajstić information content (AvgIpc) is 1.63. The van der Waals surface area contributed by atoms with Gasteiger partial charge in [-0.25, -0.2) is 9.55 Å². The molecule has 3 aromatic rings. The molecule has 0 radical (unpaired) electrons. The number of halogens is 2. The van der Waals surface area contributed by atoms with Gasteiger partial charge in [-0.3, -0.25) is 95.6 Å². The van der Waals surface area contributed by atoms with Crippen LogP contribution in [-0.4, -0.2) is 285 Å². The van der Waals surface area contributed by atoms with Crippen LogP contribution in [0.1, 0.15) is 143 Å². The Kier molecular flexibility index (Phi) is 41.6. The molecule has 1 aromatic heterocycles. The average molecular weight is 1860 g/mol. The molecule has 2 saturated heterocycles. The van der Waals surface area contributed by atoms with Crippen LogP contribution >= 0.6 is 31.0 Å². The highest BCUT2D eigenvalue weighted by Gasteiger charge is 2.47. The molecule has 50 heteroatoms. The van der Waals surface area contributed by atoms with Gasteiger partial charge < -0.3 is 131 Å². The van der Waals surface area contributed by atoms with Crippen LogP contribution in [0.4, 0.5) is 0 Å². The number of likely N-dealkylation sites (tertiary alicyclic amines) is 2. The number of carbonyl (C=O) groups is 19. The van der Waals surface area contributed by atoms with Crippen molar-refractivity contribution in [2.45, 2.75) is 249 Å². The fraction of sp³-hybridized carbons (Fsp3) is 0.564. The zero-order chi connectivity index (χ0) is 96.0. The third-order valence-corrected chi connectivity index (χ3v) is 22.0. The first-order valence-corrected chi connectivity index (χ1v) is 43.0. The van der Waals surface area contributed by atoms with Gasteiger partial charge >= 0.3 is 13.8 Å². The van der Waals surface area contributed by atoms with Crippen molar-refractivity contribution in [3.63, 3.8) is 0 Å². The van der Waals surface area contributed by atoms with Gasteiger partial charge in [0.15, 0.2) is 0 Å². The number of primary amides is 3. The van der Waals surface area contributed by atoms with Crippen molar-refractivity contribution in [2.24, 2.45) is 29.0 Å². The van der Waals surface area contributed by atoms with Crippen LogP contribution in [0.25, 0.3) is 0 Å². The molecule has 0 aliphatic carbocycles. The lowest BCUT2D eigenvalue weighted by Gasteiger charge is -2.33. The van der Waals surface area contributed by atoms with Gasteiger partial charge in [-0.1, -0.05) is 75.5 Å². The predicted molar refractivity (Wildman–Crippen MR) is 450 cm³/mol. The van der Waals surface area contributed by atoms with E-state index >= 15 is 0 Å². The number of phenolic OH excluding ortho intramolecular Hbond substituents is 1. The van der Waals surface area contributed by atoms with Crippen LogP contribution in [0.3, 0.4) is 0 Å². The molecule has 706 valence electrons. The highest BCUT2D eigenvalue weighted by molar-refractivity contribution is 7.46. The summed E-state index contributed by atoms with van der Waals surface area (Å²) < 4.78 is 17.1. The molecule has 0 saturated carbocycles. The molecule has 2 aromatic carbocycles. The number of nitrogens with one attached hydrogen (secondary N) is 14. The summed E-state index contributed by atoms with van der Waals surface area (Å²) in [6.45, 7) is 10.4. The van der Waals surface area contributed by atoms with E-state index in [1.54, 1.807) is 20.8 Å². The zero-order valence-electron chi connectivity index (χ0n) is 71.5. The number of hydrogen-bond donors (Lipinski definition) is 23. The van der Waals surface area contributed by atoms with Crippen LogP contribution in [0, 0.1) is 11.8 Å². The first-order valence-electron chi connectivity index (χ1n) is 40.7. The molecule has 18 amide bonds. The van der Waals surface area contributed by atoms with E-state index in [9.17, 15) is 126 Å². The number of amides is 18. The molecule has 3 heterocycles. The maximum Gasteiger partial charge on any atom is 0.469 e. The highest BCUT2D eigenvalue weighted by atomic mass is 35.5. The second-order valence-corrected chi connectivity index (χ2v) is 33.5. The number of imidazole rings is 1. The van der Waals surface area contributed by atoms with Gasteiger partial charge in [0, 0.05) is 57.6 Å². The van der Waals surface area contributed by atoms with Gasteiger partial charge in [0.25, 0.3) is 0 Å². The first kappa shape index (κ1) is 107. The number of hydrogen-bond acceptors (Lipinski definition) is 25. The number of nitrogens with zero attached hydrogens (tertiary/aromatic N) is 3. The number of carboxylic acid groups (broad SMARTS) is 1. The number of aliphatic hydroxyl groups excluding tert-OH is 2. The monoisotopic (exact) mass is 1860 g/mol. The van der Waals surface area contributed by atoms with Crippen LogP contribution < -0.4 is 86.3 Å². The van der Waals surface area contributed by atoms with E-state index in [0.717, 1.165) is 37.5 Å².